The highest BCUT2D eigenvalue weighted by molar-refractivity contribution is 5.85. The molecule has 1 aromatic rings. The molecule has 1 aliphatic heterocycles. The highest BCUT2D eigenvalue weighted by Gasteiger charge is 2.37. The minimum absolute atomic E-state index is 0. The predicted octanol–water partition coefficient (Wildman–Crippen LogP) is 3.05. The number of rotatable bonds is 6. The second kappa shape index (κ2) is 9.23. The number of amides is 1. The van der Waals surface area contributed by atoms with E-state index in [2.05, 4.69) is 10.6 Å². The summed E-state index contributed by atoms with van der Waals surface area (Å²) >= 11 is 0. The fraction of sp³-hybridized carbons (Fsp3) is 0.611. The minimum Gasteiger partial charge on any atom is -0.494 e. The van der Waals surface area contributed by atoms with Gasteiger partial charge in [-0.15, -0.1) is 12.4 Å². The maximum atomic E-state index is 12.8. The molecule has 134 valence electrons. The Hall–Kier alpha value is -1.33. The Bertz CT molecular complexity index is 512. The monoisotopic (exact) mass is 356 g/mol. The molecular weight excluding hydrogens is 331 g/mol. The van der Waals surface area contributed by atoms with Gasteiger partial charge in [-0.05, 0) is 55.9 Å². The molecule has 24 heavy (non-hydrogen) atoms. The third kappa shape index (κ3) is 5.08. The number of halogens is 2. The van der Waals surface area contributed by atoms with Crippen molar-refractivity contribution in [3.05, 3.63) is 30.1 Å². The van der Waals surface area contributed by atoms with E-state index in [1.54, 1.807) is 12.1 Å². The summed E-state index contributed by atoms with van der Waals surface area (Å²) in [7, 11) is 0. The summed E-state index contributed by atoms with van der Waals surface area (Å²) in [5.41, 5.74) is 0. The summed E-state index contributed by atoms with van der Waals surface area (Å²) in [5.74, 6) is 1.18. The summed E-state index contributed by atoms with van der Waals surface area (Å²) in [5, 5.41) is 6.47. The number of hydrogen-bond acceptors (Lipinski definition) is 3. The van der Waals surface area contributed by atoms with Gasteiger partial charge in [-0.2, -0.15) is 0 Å². The first kappa shape index (κ1) is 19.0. The molecule has 2 fully saturated rings. The van der Waals surface area contributed by atoms with E-state index in [4.69, 9.17) is 4.74 Å². The zero-order valence-corrected chi connectivity index (χ0v) is 14.6. The molecule has 0 bridgehead atoms. The number of fused-ring (bicyclic) bond motifs is 1. The molecule has 6 heteroatoms. The van der Waals surface area contributed by atoms with E-state index in [0.717, 1.165) is 12.8 Å². The summed E-state index contributed by atoms with van der Waals surface area (Å²) in [6.45, 7) is 1.11. The molecule has 3 unspecified atom stereocenters. The van der Waals surface area contributed by atoms with E-state index in [-0.39, 0.29) is 30.2 Å². The van der Waals surface area contributed by atoms with Crippen molar-refractivity contribution < 1.29 is 13.9 Å². The van der Waals surface area contributed by atoms with Crippen LogP contribution < -0.4 is 15.4 Å². The van der Waals surface area contributed by atoms with Crippen LogP contribution >= 0.6 is 12.4 Å². The molecular formula is C18H26ClFN2O2. The fourth-order valence-electron chi connectivity index (χ4n) is 3.65. The van der Waals surface area contributed by atoms with Gasteiger partial charge in [0.2, 0.25) is 5.91 Å². The molecule has 3 atom stereocenters. The van der Waals surface area contributed by atoms with Gasteiger partial charge in [0.05, 0.1) is 12.6 Å². The third-order valence-corrected chi connectivity index (χ3v) is 4.88. The van der Waals surface area contributed by atoms with Crippen LogP contribution in [0.5, 0.6) is 5.75 Å². The van der Waals surface area contributed by atoms with Crippen molar-refractivity contribution in [1.82, 2.24) is 10.6 Å². The average Bonchev–Trinajstić information content (AvgIpc) is 3.00. The van der Waals surface area contributed by atoms with Crippen molar-refractivity contribution in [3.8, 4) is 5.75 Å². The molecule has 4 nitrogen and oxygen atoms in total. The van der Waals surface area contributed by atoms with Crippen LogP contribution in [0, 0.1) is 11.7 Å². The second-order valence-corrected chi connectivity index (χ2v) is 6.55. The molecule has 3 rings (SSSR count). The summed E-state index contributed by atoms with van der Waals surface area (Å²) in [4.78, 5) is 12.2. The maximum absolute atomic E-state index is 12.8. The van der Waals surface area contributed by atoms with E-state index < -0.39 is 0 Å². The highest BCUT2D eigenvalue weighted by atomic mass is 35.5. The standard InChI is InChI=1S/C18H25FN2O2.ClH/c19-14-6-8-15(9-7-14)23-11-3-10-20-18(22)17-12-13-4-1-2-5-16(13)21-17;/h6-9,13,16-17,21H,1-5,10-12H2,(H,20,22);1H. The lowest BCUT2D eigenvalue weighted by atomic mass is 9.85. The van der Waals surface area contributed by atoms with E-state index in [9.17, 15) is 9.18 Å². The third-order valence-electron chi connectivity index (χ3n) is 4.88. The largest absolute Gasteiger partial charge is 0.494 e. The van der Waals surface area contributed by atoms with Gasteiger partial charge >= 0.3 is 0 Å². The van der Waals surface area contributed by atoms with Crippen LogP contribution in [-0.4, -0.2) is 31.1 Å². The number of hydrogen-bond donors (Lipinski definition) is 2. The molecule has 1 aliphatic carbocycles. The van der Waals surface area contributed by atoms with Gasteiger partial charge in [0.15, 0.2) is 0 Å². The molecule has 1 heterocycles. The maximum Gasteiger partial charge on any atom is 0.237 e. The Labute approximate surface area is 148 Å². The van der Waals surface area contributed by atoms with Gasteiger partial charge in [-0.25, -0.2) is 4.39 Å². The molecule has 2 N–H and O–H groups in total. The molecule has 0 spiro atoms. The van der Waals surface area contributed by atoms with E-state index in [1.807, 2.05) is 0 Å². The van der Waals surface area contributed by atoms with Gasteiger partial charge in [-0.1, -0.05) is 12.8 Å². The van der Waals surface area contributed by atoms with E-state index in [1.165, 1.54) is 37.8 Å². The summed E-state index contributed by atoms with van der Waals surface area (Å²) in [6.07, 6.45) is 6.76. The first-order valence-electron chi connectivity index (χ1n) is 8.64. The first-order chi connectivity index (χ1) is 11.2. The molecule has 0 radical (unpaired) electrons. The SMILES string of the molecule is Cl.O=C(NCCCOc1ccc(F)cc1)C1CC2CCCCC2N1. The number of benzene rings is 1. The van der Waals surface area contributed by atoms with Crippen LogP contribution in [0.4, 0.5) is 4.39 Å². The van der Waals surface area contributed by atoms with E-state index >= 15 is 0 Å². The highest BCUT2D eigenvalue weighted by Crippen LogP contribution is 2.33. The van der Waals surface area contributed by atoms with Gasteiger partial charge in [0.25, 0.3) is 0 Å². The van der Waals surface area contributed by atoms with Gasteiger partial charge in [0, 0.05) is 12.6 Å². The fourth-order valence-corrected chi connectivity index (χ4v) is 3.65. The minimum atomic E-state index is -0.269. The van der Waals surface area contributed by atoms with Gasteiger partial charge in [-0.3, -0.25) is 4.79 Å². The molecule has 2 aliphatic rings. The Morgan fingerprint density at radius 3 is 2.75 bits per heavy atom. The summed E-state index contributed by atoms with van der Waals surface area (Å²) < 4.78 is 18.3. The number of carbonyl (C=O) groups excluding carboxylic acids is 1. The van der Waals surface area contributed by atoms with Crippen molar-refractivity contribution in [2.75, 3.05) is 13.2 Å². The first-order valence-corrected chi connectivity index (χ1v) is 8.64. The zero-order valence-electron chi connectivity index (χ0n) is 13.8. The predicted molar refractivity (Wildman–Crippen MR) is 94.1 cm³/mol. The van der Waals surface area contributed by atoms with Crippen LogP contribution in [-0.2, 0) is 4.79 Å². The van der Waals surface area contributed by atoms with E-state index in [0.29, 0.717) is 30.9 Å². The van der Waals surface area contributed by atoms with Crippen molar-refractivity contribution >= 4 is 18.3 Å². The van der Waals surface area contributed by atoms with Crippen LogP contribution in [0.2, 0.25) is 0 Å². The summed E-state index contributed by atoms with van der Waals surface area (Å²) in [6, 6.07) is 6.49. The Balaban J connectivity index is 0.00000208. The lowest BCUT2D eigenvalue weighted by molar-refractivity contribution is -0.122. The zero-order chi connectivity index (χ0) is 16.1. The van der Waals surface area contributed by atoms with Gasteiger partial charge < -0.3 is 15.4 Å². The number of ether oxygens (including phenoxy) is 1. The number of nitrogens with one attached hydrogen (secondary N) is 2. The average molecular weight is 357 g/mol. The Morgan fingerprint density at radius 1 is 1.25 bits per heavy atom. The molecule has 1 saturated heterocycles. The molecule has 1 saturated carbocycles. The Kier molecular flexibility index (Phi) is 7.31. The molecule has 0 aromatic heterocycles. The normalized spacial score (nSPS) is 25.5. The van der Waals surface area contributed by atoms with Crippen LogP contribution in [0.1, 0.15) is 38.5 Å². The van der Waals surface area contributed by atoms with Crippen molar-refractivity contribution in [1.29, 1.82) is 0 Å². The lowest BCUT2D eigenvalue weighted by Gasteiger charge is -2.24. The molecule has 1 aromatic carbocycles. The quantitative estimate of drug-likeness (QED) is 0.770. The topological polar surface area (TPSA) is 50.4 Å². The number of carbonyl (C=O) groups is 1. The molecule has 1 amide bonds. The van der Waals surface area contributed by atoms with Crippen molar-refractivity contribution in [2.24, 2.45) is 5.92 Å². The Morgan fingerprint density at radius 2 is 2.00 bits per heavy atom. The van der Waals surface area contributed by atoms with Crippen molar-refractivity contribution in [3.63, 3.8) is 0 Å². The van der Waals surface area contributed by atoms with Crippen LogP contribution in [0.25, 0.3) is 0 Å². The second-order valence-electron chi connectivity index (χ2n) is 6.55. The van der Waals surface area contributed by atoms with Crippen LogP contribution in [0.3, 0.4) is 0 Å². The van der Waals surface area contributed by atoms with Gasteiger partial charge in [0.1, 0.15) is 11.6 Å². The lowest BCUT2D eigenvalue weighted by Crippen LogP contribution is -2.43. The van der Waals surface area contributed by atoms with Crippen molar-refractivity contribution in [2.45, 2.75) is 50.6 Å². The van der Waals surface area contributed by atoms with Crippen LogP contribution in [0.15, 0.2) is 24.3 Å². The smallest absolute Gasteiger partial charge is 0.237 e.